The van der Waals surface area contributed by atoms with Gasteiger partial charge in [0.05, 0.1) is 12.3 Å². The first-order chi connectivity index (χ1) is 8.25. The molecule has 1 aromatic heterocycles. The molecule has 1 unspecified atom stereocenters. The third-order valence-electron chi connectivity index (χ3n) is 2.97. The average molecular weight is 237 g/mol. The number of ketones is 1. The van der Waals surface area contributed by atoms with Crippen molar-refractivity contribution in [3.8, 4) is 0 Å². The van der Waals surface area contributed by atoms with E-state index in [1.807, 2.05) is 0 Å². The molecular formula is C13H16FNO2. The summed E-state index contributed by atoms with van der Waals surface area (Å²) in [6.45, 7) is 0.845. The zero-order valence-corrected chi connectivity index (χ0v) is 9.69. The van der Waals surface area contributed by atoms with Gasteiger partial charge in [0.1, 0.15) is 11.5 Å². The topological polar surface area (TPSA) is 39.2 Å². The molecule has 0 bridgehead atoms. The van der Waals surface area contributed by atoms with Crippen LogP contribution in [0.2, 0.25) is 0 Å². The van der Waals surface area contributed by atoms with Crippen LogP contribution in [0, 0.1) is 5.82 Å². The summed E-state index contributed by atoms with van der Waals surface area (Å²) < 4.78 is 18.1. The van der Waals surface area contributed by atoms with Gasteiger partial charge in [0.25, 0.3) is 0 Å². The van der Waals surface area contributed by atoms with Crippen LogP contribution in [0.5, 0.6) is 0 Å². The van der Waals surface area contributed by atoms with E-state index < -0.39 is 5.82 Å². The van der Waals surface area contributed by atoms with Crippen LogP contribution in [-0.2, 0) is 4.74 Å². The number of rotatable bonds is 5. The minimum atomic E-state index is -0.416. The molecule has 1 aliphatic rings. The Balaban J connectivity index is 1.75. The second-order valence-corrected chi connectivity index (χ2v) is 4.31. The van der Waals surface area contributed by atoms with Crippen LogP contribution in [0.25, 0.3) is 0 Å². The maximum Gasteiger partial charge on any atom is 0.181 e. The number of pyridine rings is 1. The lowest BCUT2D eigenvalue weighted by Crippen LogP contribution is -2.07. The number of nitrogens with zero attached hydrogens (tertiary/aromatic N) is 1. The minimum absolute atomic E-state index is 0.0250. The van der Waals surface area contributed by atoms with E-state index in [1.165, 1.54) is 12.1 Å². The number of halogens is 1. The number of carbonyl (C=O) groups excluding carboxylic acids is 1. The SMILES string of the molecule is O=C(CCCC1CCCO1)c1ccc(F)cn1. The van der Waals surface area contributed by atoms with Crippen molar-refractivity contribution in [3.63, 3.8) is 0 Å². The van der Waals surface area contributed by atoms with Crippen LogP contribution in [0.15, 0.2) is 18.3 Å². The molecule has 1 aliphatic heterocycles. The molecule has 92 valence electrons. The van der Waals surface area contributed by atoms with Crippen LogP contribution >= 0.6 is 0 Å². The van der Waals surface area contributed by atoms with Crippen LogP contribution in [0.3, 0.4) is 0 Å². The monoisotopic (exact) mass is 237 g/mol. The van der Waals surface area contributed by atoms with Crippen LogP contribution in [0.4, 0.5) is 4.39 Å². The Morgan fingerprint density at radius 2 is 2.41 bits per heavy atom. The average Bonchev–Trinajstić information content (AvgIpc) is 2.83. The molecule has 3 nitrogen and oxygen atoms in total. The first-order valence-electron chi connectivity index (χ1n) is 6.02. The predicted octanol–water partition coefficient (Wildman–Crippen LogP) is 2.75. The number of hydrogen-bond donors (Lipinski definition) is 0. The highest BCUT2D eigenvalue weighted by molar-refractivity contribution is 5.94. The molecule has 1 aromatic rings. The fourth-order valence-electron chi connectivity index (χ4n) is 2.03. The molecule has 0 N–H and O–H groups in total. The van der Waals surface area contributed by atoms with E-state index in [1.54, 1.807) is 0 Å². The van der Waals surface area contributed by atoms with Crippen molar-refractivity contribution in [1.82, 2.24) is 4.98 Å². The van der Waals surface area contributed by atoms with Gasteiger partial charge in [0.2, 0.25) is 0 Å². The second kappa shape index (κ2) is 5.87. The largest absolute Gasteiger partial charge is 0.378 e. The van der Waals surface area contributed by atoms with E-state index in [0.29, 0.717) is 18.2 Å². The molecule has 1 fully saturated rings. The van der Waals surface area contributed by atoms with Gasteiger partial charge in [-0.2, -0.15) is 0 Å². The minimum Gasteiger partial charge on any atom is -0.378 e. The van der Waals surface area contributed by atoms with Gasteiger partial charge < -0.3 is 4.74 Å². The molecule has 0 radical (unpaired) electrons. The van der Waals surface area contributed by atoms with Gasteiger partial charge in [-0.05, 0) is 37.8 Å². The molecule has 1 saturated heterocycles. The highest BCUT2D eigenvalue weighted by atomic mass is 19.1. The summed E-state index contributed by atoms with van der Waals surface area (Å²) in [6, 6.07) is 2.70. The Kier molecular flexibility index (Phi) is 4.20. The van der Waals surface area contributed by atoms with E-state index >= 15 is 0 Å². The third kappa shape index (κ3) is 3.60. The molecule has 4 heteroatoms. The van der Waals surface area contributed by atoms with E-state index in [4.69, 9.17) is 4.74 Å². The number of ether oxygens (including phenoxy) is 1. The number of carbonyl (C=O) groups is 1. The zero-order valence-electron chi connectivity index (χ0n) is 9.69. The maximum atomic E-state index is 12.6. The zero-order chi connectivity index (χ0) is 12.1. The Labute approximate surface area is 100 Å². The highest BCUT2D eigenvalue weighted by Gasteiger charge is 2.16. The lowest BCUT2D eigenvalue weighted by molar-refractivity contribution is 0.0919. The van der Waals surface area contributed by atoms with E-state index in [9.17, 15) is 9.18 Å². The van der Waals surface area contributed by atoms with Crippen molar-refractivity contribution in [2.75, 3.05) is 6.61 Å². The highest BCUT2D eigenvalue weighted by Crippen LogP contribution is 2.18. The fourth-order valence-corrected chi connectivity index (χ4v) is 2.03. The summed E-state index contributed by atoms with van der Waals surface area (Å²) in [4.78, 5) is 15.5. The number of aromatic nitrogens is 1. The van der Waals surface area contributed by atoms with Crippen molar-refractivity contribution >= 4 is 5.78 Å². The molecule has 0 saturated carbocycles. The Morgan fingerprint density at radius 1 is 1.53 bits per heavy atom. The van der Waals surface area contributed by atoms with Crippen LogP contribution in [0.1, 0.15) is 42.6 Å². The van der Waals surface area contributed by atoms with Gasteiger partial charge in [-0.25, -0.2) is 4.39 Å². The van der Waals surface area contributed by atoms with Gasteiger partial charge >= 0.3 is 0 Å². The quantitative estimate of drug-likeness (QED) is 0.739. The lowest BCUT2D eigenvalue weighted by Gasteiger charge is -2.07. The van der Waals surface area contributed by atoms with Gasteiger partial charge in [-0.1, -0.05) is 0 Å². The lowest BCUT2D eigenvalue weighted by atomic mass is 10.1. The molecular weight excluding hydrogens is 221 g/mol. The van der Waals surface area contributed by atoms with Crippen molar-refractivity contribution < 1.29 is 13.9 Å². The van der Waals surface area contributed by atoms with Gasteiger partial charge in [0, 0.05) is 13.0 Å². The summed E-state index contributed by atoms with van der Waals surface area (Å²) in [6.07, 6.45) is 5.81. The number of Topliss-reactive ketones (excluding diaryl/α,β-unsaturated/α-hetero) is 1. The Bertz CT molecular complexity index is 372. The summed E-state index contributed by atoms with van der Waals surface area (Å²) in [7, 11) is 0. The molecule has 0 amide bonds. The number of hydrogen-bond acceptors (Lipinski definition) is 3. The summed E-state index contributed by atoms with van der Waals surface area (Å²) in [5.41, 5.74) is 0.346. The predicted molar refractivity (Wildman–Crippen MR) is 61.4 cm³/mol. The van der Waals surface area contributed by atoms with Crippen molar-refractivity contribution in [3.05, 3.63) is 29.8 Å². The van der Waals surface area contributed by atoms with Crippen molar-refractivity contribution in [1.29, 1.82) is 0 Å². The van der Waals surface area contributed by atoms with Crippen molar-refractivity contribution in [2.24, 2.45) is 0 Å². The van der Waals surface area contributed by atoms with E-state index in [2.05, 4.69) is 4.98 Å². The van der Waals surface area contributed by atoms with Crippen molar-refractivity contribution in [2.45, 2.75) is 38.2 Å². The van der Waals surface area contributed by atoms with Gasteiger partial charge in [0.15, 0.2) is 5.78 Å². The van der Waals surface area contributed by atoms with Crippen LogP contribution < -0.4 is 0 Å². The second-order valence-electron chi connectivity index (χ2n) is 4.31. The third-order valence-corrected chi connectivity index (χ3v) is 2.97. The maximum absolute atomic E-state index is 12.6. The van der Waals surface area contributed by atoms with E-state index in [0.717, 1.165) is 38.5 Å². The summed E-state index contributed by atoms with van der Waals surface area (Å²) in [5, 5.41) is 0. The molecule has 0 aliphatic carbocycles. The van der Waals surface area contributed by atoms with E-state index in [-0.39, 0.29) is 5.78 Å². The van der Waals surface area contributed by atoms with Gasteiger partial charge in [-0.15, -0.1) is 0 Å². The molecule has 2 rings (SSSR count). The summed E-state index contributed by atoms with van der Waals surface area (Å²) >= 11 is 0. The molecule has 1 atom stereocenters. The normalized spacial score (nSPS) is 19.5. The fraction of sp³-hybridized carbons (Fsp3) is 0.538. The summed E-state index contributed by atoms with van der Waals surface area (Å²) in [5.74, 6) is -0.441. The first-order valence-corrected chi connectivity index (χ1v) is 6.02. The Morgan fingerprint density at radius 3 is 3.06 bits per heavy atom. The molecule has 17 heavy (non-hydrogen) atoms. The molecule has 2 heterocycles. The van der Waals surface area contributed by atoms with Crippen LogP contribution in [-0.4, -0.2) is 23.5 Å². The standard InChI is InChI=1S/C13H16FNO2/c14-10-6-7-12(15-9-10)13(16)5-1-3-11-4-2-8-17-11/h6-7,9,11H,1-5,8H2. The molecule has 0 spiro atoms. The smallest absolute Gasteiger partial charge is 0.181 e. The first kappa shape index (κ1) is 12.2. The molecule has 0 aromatic carbocycles. The Hall–Kier alpha value is -1.29. The van der Waals surface area contributed by atoms with Gasteiger partial charge in [-0.3, -0.25) is 9.78 Å².